The minimum Gasteiger partial charge on any atom is -0.497 e. The molecule has 11 heteroatoms. The second-order valence-corrected chi connectivity index (χ2v) is 13.7. The van der Waals surface area contributed by atoms with Crippen LogP contribution in [-0.2, 0) is 10.0 Å². The third-order valence-electron chi connectivity index (χ3n) is 8.81. The summed E-state index contributed by atoms with van der Waals surface area (Å²) in [5.74, 6) is 1.72. The van der Waals surface area contributed by atoms with E-state index in [1.165, 1.54) is 36.4 Å². The maximum atomic E-state index is 13.3. The lowest BCUT2D eigenvalue weighted by atomic mass is 9.82. The Kier molecular flexibility index (Phi) is 10.2. The standard InChI is InChI=1S/C30H48N6O4S/c1-8-9-11-30(33(4)5)12-15-35(16-13-30)18-17-34(6)29-31-14-10-27(32-29)40-26-21-36(22-26)41(37,38)28-23(2)19-25(39-7)20-24(28)3/h10,14,19-20,26H,8-9,11-13,15-18,21-22H2,1-7H3. The molecule has 2 aliphatic heterocycles. The topological polar surface area (TPSA) is 91.3 Å². The fourth-order valence-electron chi connectivity index (χ4n) is 6.00. The van der Waals surface area contributed by atoms with Gasteiger partial charge in [0.1, 0.15) is 11.9 Å². The van der Waals surface area contributed by atoms with Gasteiger partial charge in [0.05, 0.1) is 25.1 Å². The fraction of sp³-hybridized carbons (Fsp3) is 0.667. The zero-order valence-corrected chi connectivity index (χ0v) is 26.7. The van der Waals surface area contributed by atoms with Gasteiger partial charge in [-0.3, -0.25) is 0 Å². The summed E-state index contributed by atoms with van der Waals surface area (Å²) in [6, 6.07) is 5.24. The Balaban J connectivity index is 1.28. The molecule has 41 heavy (non-hydrogen) atoms. The average molecular weight is 589 g/mol. The Morgan fingerprint density at radius 1 is 1.10 bits per heavy atom. The smallest absolute Gasteiger partial charge is 0.243 e. The zero-order chi connectivity index (χ0) is 29.8. The van der Waals surface area contributed by atoms with Gasteiger partial charge in [-0.1, -0.05) is 19.8 Å². The van der Waals surface area contributed by atoms with Crippen LogP contribution in [0.2, 0.25) is 0 Å². The molecule has 0 aliphatic carbocycles. The van der Waals surface area contributed by atoms with E-state index in [9.17, 15) is 8.42 Å². The van der Waals surface area contributed by atoms with Gasteiger partial charge in [0.2, 0.25) is 21.9 Å². The quantitative estimate of drug-likeness (QED) is 0.348. The van der Waals surface area contributed by atoms with Crippen LogP contribution in [0.1, 0.15) is 50.2 Å². The summed E-state index contributed by atoms with van der Waals surface area (Å²) in [6.45, 7) is 10.4. The number of unbranched alkanes of at least 4 members (excludes halogenated alkanes) is 1. The number of hydrogen-bond acceptors (Lipinski definition) is 9. The van der Waals surface area contributed by atoms with Crippen LogP contribution in [0.15, 0.2) is 29.3 Å². The van der Waals surface area contributed by atoms with E-state index in [4.69, 9.17) is 9.47 Å². The summed E-state index contributed by atoms with van der Waals surface area (Å²) in [5, 5.41) is 0. The van der Waals surface area contributed by atoms with Crippen molar-refractivity contribution < 1.29 is 17.9 Å². The van der Waals surface area contributed by atoms with Crippen LogP contribution in [0.4, 0.5) is 5.95 Å². The highest BCUT2D eigenvalue weighted by molar-refractivity contribution is 7.89. The molecule has 2 fully saturated rings. The molecular weight excluding hydrogens is 540 g/mol. The SMILES string of the molecule is CCCCC1(N(C)C)CCN(CCN(C)c2nccc(OC3CN(S(=O)(=O)c4c(C)cc(OC)cc4C)C3)n2)CC1. The van der Waals surface area contributed by atoms with Gasteiger partial charge in [-0.2, -0.15) is 9.29 Å². The van der Waals surface area contributed by atoms with Crippen LogP contribution in [-0.4, -0.2) is 112 Å². The van der Waals surface area contributed by atoms with Crippen LogP contribution in [0.3, 0.4) is 0 Å². The lowest BCUT2D eigenvalue weighted by Crippen LogP contribution is -2.56. The van der Waals surface area contributed by atoms with E-state index in [0.29, 0.717) is 39.1 Å². The molecule has 0 atom stereocenters. The number of anilines is 1. The van der Waals surface area contributed by atoms with Gasteiger partial charge < -0.3 is 24.2 Å². The molecule has 4 rings (SSSR count). The van der Waals surface area contributed by atoms with E-state index < -0.39 is 10.0 Å². The van der Waals surface area contributed by atoms with E-state index in [2.05, 4.69) is 45.7 Å². The molecule has 10 nitrogen and oxygen atoms in total. The van der Waals surface area contributed by atoms with Crippen LogP contribution in [0.5, 0.6) is 11.6 Å². The number of benzene rings is 1. The Hall–Kier alpha value is -2.47. The summed E-state index contributed by atoms with van der Waals surface area (Å²) < 4.78 is 39.4. The average Bonchev–Trinajstić information content (AvgIpc) is 2.92. The third kappa shape index (κ3) is 7.13. The first kappa shape index (κ1) is 31.5. The molecular formula is C30H48N6O4S. The first-order valence-corrected chi connectivity index (χ1v) is 16.2. The van der Waals surface area contributed by atoms with Crippen molar-refractivity contribution in [2.24, 2.45) is 0 Å². The lowest BCUT2D eigenvalue weighted by molar-refractivity contribution is 0.0484. The Morgan fingerprint density at radius 3 is 2.34 bits per heavy atom. The number of aromatic nitrogens is 2. The molecule has 0 bridgehead atoms. The molecule has 0 N–H and O–H groups in total. The molecule has 2 aliphatic rings. The van der Waals surface area contributed by atoms with Crippen molar-refractivity contribution in [1.82, 2.24) is 24.1 Å². The van der Waals surface area contributed by atoms with Crippen molar-refractivity contribution in [3.8, 4) is 11.6 Å². The van der Waals surface area contributed by atoms with Crippen molar-refractivity contribution >= 4 is 16.0 Å². The molecule has 0 amide bonds. The first-order valence-electron chi connectivity index (χ1n) is 14.7. The third-order valence-corrected chi connectivity index (χ3v) is 10.9. The molecule has 0 saturated carbocycles. The van der Waals surface area contributed by atoms with Gasteiger partial charge in [-0.15, -0.1) is 0 Å². The highest BCUT2D eigenvalue weighted by atomic mass is 32.2. The predicted molar refractivity (Wildman–Crippen MR) is 163 cm³/mol. The minimum absolute atomic E-state index is 0.255. The van der Waals surface area contributed by atoms with E-state index in [0.717, 1.165) is 26.2 Å². The van der Waals surface area contributed by atoms with Crippen molar-refractivity contribution in [2.45, 2.75) is 69.4 Å². The predicted octanol–water partition coefficient (Wildman–Crippen LogP) is 3.58. The molecule has 0 radical (unpaired) electrons. The molecule has 0 spiro atoms. The van der Waals surface area contributed by atoms with Crippen LogP contribution < -0.4 is 14.4 Å². The molecule has 1 aromatic carbocycles. The minimum atomic E-state index is -3.62. The lowest BCUT2D eigenvalue weighted by Gasteiger charge is -2.46. The number of likely N-dealkylation sites (N-methyl/N-ethyl adjacent to an activating group) is 1. The largest absolute Gasteiger partial charge is 0.497 e. The van der Waals surface area contributed by atoms with Gasteiger partial charge in [0, 0.05) is 37.9 Å². The van der Waals surface area contributed by atoms with Crippen LogP contribution in [0.25, 0.3) is 0 Å². The molecule has 2 aromatic rings. The number of methoxy groups -OCH3 is 1. The summed E-state index contributed by atoms with van der Waals surface area (Å²) in [7, 11) is 4.42. The van der Waals surface area contributed by atoms with Crippen molar-refractivity contribution in [3.63, 3.8) is 0 Å². The number of nitrogens with zero attached hydrogens (tertiary/aromatic N) is 6. The second kappa shape index (κ2) is 13.2. The van der Waals surface area contributed by atoms with Gasteiger partial charge in [-0.05, 0) is 83.6 Å². The maximum Gasteiger partial charge on any atom is 0.243 e. The summed E-state index contributed by atoms with van der Waals surface area (Å²) >= 11 is 0. The first-order chi connectivity index (χ1) is 19.5. The zero-order valence-electron chi connectivity index (χ0n) is 25.9. The molecule has 1 aromatic heterocycles. The highest BCUT2D eigenvalue weighted by Gasteiger charge is 2.40. The number of piperidine rings is 1. The molecule has 2 saturated heterocycles. The van der Waals surface area contributed by atoms with Gasteiger partial charge in [0.15, 0.2) is 0 Å². The van der Waals surface area contributed by atoms with Crippen molar-refractivity contribution in [1.29, 1.82) is 0 Å². The highest BCUT2D eigenvalue weighted by Crippen LogP contribution is 2.33. The van der Waals surface area contributed by atoms with E-state index in [1.54, 1.807) is 45.4 Å². The van der Waals surface area contributed by atoms with Gasteiger partial charge in [0.25, 0.3) is 0 Å². The van der Waals surface area contributed by atoms with Gasteiger partial charge >= 0.3 is 0 Å². The number of likely N-dealkylation sites (tertiary alicyclic amines) is 1. The Morgan fingerprint density at radius 2 is 1.76 bits per heavy atom. The summed E-state index contributed by atoms with van der Waals surface area (Å²) in [6.07, 6.45) is 7.66. The van der Waals surface area contributed by atoms with E-state index in [-0.39, 0.29) is 19.2 Å². The Bertz CT molecular complexity index is 1250. The summed E-state index contributed by atoms with van der Waals surface area (Å²) in [4.78, 5) is 16.5. The number of aryl methyl sites for hydroxylation is 2. The van der Waals surface area contributed by atoms with Gasteiger partial charge in [-0.25, -0.2) is 13.4 Å². The van der Waals surface area contributed by atoms with E-state index >= 15 is 0 Å². The van der Waals surface area contributed by atoms with Crippen LogP contribution in [0, 0.1) is 13.8 Å². The van der Waals surface area contributed by atoms with E-state index in [1.807, 2.05) is 7.05 Å². The normalized spacial score (nSPS) is 18.3. The molecule has 0 unspecified atom stereocenters. The van der Waals surface area contributed by atoms with Crippen molar-refractivity contribution in [3.05, 3.63) is 35.5 Å². The fourth-order valence-corrected chi connectivity index (χ4v) is 7.91. The number of sulfonamides is 1. The number of hydrogen-bond donors (Lipinski definition) is 0. The molecule has 3 heterocycles. The number of rotatable bonds is 13. The van der Waals surface area contributed by atoms with Crippen molar-refractivity contribution in [2.75, 3.05) is 72.4 Å². The molecule has 228 valence electrons. The number of ether oxygens (including phenoxy) is 2. The maximum absolute atomic E-state index is 13.3. The second-order valence-electron chi connectivity index (χ2n) is 11.8. The summed E-state index contributed by atoms with van der Waals surface area (Å²) in [5.41, 5.74) is 1.68. The van der Waals surface area contributed by atoms with Crippen LogP contribution >= 0.6 is 0 Å². The monoisotopic (exact) mass is 588 g/mol. The Labute approximate surface area is 246 Å².